The Hall–Kier alpha value is -0.630. The number of carbonyl (C=O) groups is 1. The van der Waals surface area contributed by atoms with Crippen LogP contribution in [-0.2, 0) is 9.32 Å². The van der Waals surface area contributed by atoms with Crippen LogP contribution in [0.1, 0.15) is 119 Å². The zero-order valence-corrected chi connectivity index (χ0v) is 33.4. The first-order valence-corrected chi connectivity index (χ1v) is 21.2. The lowest BCUT2D eigenvalue weighted by molar-refractivity contribution is -0.215. The van der Waals surface area contributed by atoms with Gasteiger partial charge in [0.15, 0.2) is 0 Å². The van der Waals surface area contributed by atoms with Gasteiger partial charge in [-0.3, -0.25) is 4.79 Å². The summed E-state index contributed by atoms with van der Waals surface area (Å²) in [4.78, 5) is 25.7. The number of unbranched alkanes of at least 4 members (excludes halogenated alkanes) is 1. The molecule has 2 unspecified atom stereocenters. The molecule has 0 aliphatic carbocycles. The molecular formula is C37H64Cl2N3O3PS. The van der Waals surface area contributed by atoms with E-state index < -0.39 is 8.02 Å². The monoisotopic (exact) mass is 731 g/mol. The van der Waals surface area contributed by atoms with Crippen molar-refractivity contribution in [2.75, 3.05) is 43.8 Å². The van der Waals surface area contributed by atoms with Gasteiger partial charge < -0.3 is 10.2 Å². The molecular weight excluding hydrogens is 668 g/mol. The topological polar surface area (TPSA) is 76.7 Å². The molecule has 1 amide bonds. The van der Waals surface area contributed by atoms with Crippen molar-refractivity contribution in [2.24, 2.45) is 0 Å². The highest BCUT2D eigenvalue weighted by molar-refractivity contribution is 8.00. The van der Waals surface area contributed by atoms with Crippen molar-refractivity contribution < 1.29 is 14.2 Å². The Morgan fingerprint density at radius 1 is 0.830 bits per heavy atom. The fourth-order valence-electron chi connectivity index (χ4n) is 5.25. The molecule has 2 N–H and O–H groups in total. The smallest absolute Gasteiger partial charge is 0.251 e. The zero-order chi connectivity index (χ0) is 34.9. The molecule has 10 heteroatoms. The summed E-state index contributed by atoms with van der Waals surface area (Å²) in [6.07, 6.45) is 23.9. The van der Waals surface area contributed by atoms with Gasteiger partial charge in [0.05, 0.1) is 18.5 Å². The van der Waals surface area contributed by atoms with E-state index in [9.17, 15) is 9.69 Å². The molecule has 1 rings (SSSR count). The summed E-state index contributed by atoms with van der Waals surface area (Å²) in [6.45, 7) is 15.1. The van der Waals surface area contributed by atoms with E-state index in [-0.39, 0.29) is 11.3 Å². The number of amides is 1. The van der Waals surface area contributed by atoms with Gasteiger partial charge in [-0.15, -0.1) is 39.6 Å². The third kappa shape index (κ3) is 21.9. The van der Waals surface area contributed by atoms with Crippen LogP contribution in [0.25, 0.3) is 0 Å². The van der Waals surface area contributed by atoms with Crippen molar-refractivity contribution in [1.82, 2.24) is 15.1 Å². The van der Waals surface area contributed by atoms with Gasteiger partial charge in [-0.2, -0.15) is 5.09 Å². The summed E-state index contributed by atoms with van der Waals surface area (Å²) < 4.78 is 7.46. The summed E-state index contributed by atoms with van der Waals surface area (Å²) in [6, 6.07) is 0. The molecule has 2 atom stereocenters. The lowest BCUT2D eigenvalue weighted by atomic mass is 10.0. The third-order valence-electron chi connectivity index (χ3n) is 8.05. The van der Waals surface area contributed by atoms with E-state index in [1.807, 2.05) is 4.67 Å². The van der Waals surface area contributed by atoms with E-state index in [1.54, 1.807) is 11.8 Å². The molecule has 1 aliphatic heterocycles. The molecule has 0 aromatic carbocycles. The van der Waals surface area contributed by atoms with E-state index in [2.05, 4.69) is 82.3 Å². The van der Waals surface area contributed by atoms with E-state index >= 15 is 0 Å². The highest BCUT2D eigenvalue weighted by Crippen LogP contribution is 2.56. The average Bonchev–Trinajstić information content (AvgIpc) is 3.02. The number of hydrogen-bond donors (Lipinski definition) is 2. The second-order valence-corrected chi connectivity index (χ2v) is 17.0. The number of nitrogens with zero attached hydrogens (tertiary/aromatic N) is 1. The van der Waals surface area contributed by atoms with E-state index in [0.717, 1.165) is 63.5 Å². The Morgan fingerprint density at radius 3 is 2.09 bits per heavy atom. The lowest BCUT2D eigenvalue weighted by Crippen LogP contribution is -2.50. The molecule has 1 heterocycles. The molecule has 0 spiro atoms. The zero-order valence-electron chi connectivity index (χ0n) is 30.2. The van der Waals surface area contributed by atoms with Gasteiger partial charge in [0.2, 0.25) is 5.91 Å². The number of allylic oxidation sites excluding steroid dienone is 10. The first kappa shape index (κ1) is 44.4. The summed E-state index contributed by atoms with van der Waals surface area (Å²) >= 11 is 13.5. The van der Waals surface area contributed by atoms with E-state index in [0.29, 0.717) is 44.4 Å². The van der Waals surface area contributed by atoms with E-state index in [4.69, 9.17) is 27.7 Å². The first-order valence-electron chi connectivity index (χ1n) is 17.5. The minimum Gasteiger partial charge on any atom is -0.626 e. The SMILES string of the molecule is CC(C)=CC/C=C(\C)CC/C=C(\C)CCC/C=C(\C)CC/C=C(\C)CCCC(=O)NCCSC1CCO[P+]([O-])(NCCCl)N1CCCl. The molecule has 1 saturated heterocycles. The minimum absolute atomic E-state index is 0.0238. The number of alkyl halides is 2. The van der Waals surface area contributed by atoms with Crippen molar-refractivity contribution in [3.05, 3.63) is 58.2 Å². The van der Waals surface area contributed by atoms with Crippen molar-refractivity contribution in [2.45, 2.75) is 124 Å². The van der Waals surface area contributed by atoms with Gasteiger partial charge in [0, 0.05) is 43.4 Å². The van der Waals surface area contributed by atoms with Crippen LogP contribution in [0.2, 0.25) is 0 Å². The second-order valence-electron chi connectivity index (χ2n) is 12.8. The Kier molecular flexibility index (Phi) is 25.6. The van der Waals surface area contributed by atoms with Gasteiger partial charge in [-0.05, 0) is 106 Å². The Morgan fingerprint density at radius 2 is 1.45 bits per heavy atom. The Bertz CT molecular complexity index is 1050. The fourth-order valence-corrected chi connectivity index (χ4v) is 9.37. The van der Waals surface area contributed by atoms with Gasteiger partial charge in [-0.25, -0.2) is 4.52 Å². The molecule has 0 saturated carbocycles. The van der Waals surface area contributed by atoms with Crippen molar-refractivity contribution >= 4 is 48.9 Å². The molecule has 0 aromatic heterocycles. The predicted octanol–water partition coefficient (Wildman–Crippen LogP) is 10.0. The molecule has 47 heavy (non-hydrogen) atoms. The van der Waals surface area contributed by atoms with Crippen LogP contribution in [0.4, 0.5) is 0 Å². The molecule has 6 nitrogen and oxygen atoms in total. The number of halogens is 2. The van der Waals surface area contributed by atoms with E-state index in [1.165, 1.54) is 40.7 Å². The molecule has 0 radical (unpaired) electrons. The summed E-state index contributed by atoms with van der Waals surface area (Å²) in [5.41, 5.74) is 7.19. The van der Waals surface area contributed by atoms with Gasteiger partial charge in [-0.1, -0.05) is 58.2 Å². The largest absolute Gasteiger partial charge is 0.626 e. The van der Waals surface area contributed by atoms with Crippen LogP contribution in [0, 0.1) is 0 Å². The van der Waals surface area contributed by atoms with Crippen LogP contribution in [0.15, 0.2) is 58.2 Å². The molecule has 1 fully saturated rings. The highest BCUT2D eigenvalue weighted by Gasteiger charge is 2.45. The number of carbonyl (C=O) groups excluding carboxylic acids is 1. The van der Waals surface area contributed by atoms with Gasteiger partial charge in [0.1, 0.15) is 0 Å². The van der Waals surface area contributed by atoms with Crippen LogP contribution < -0.4 is 15.3 Å². The maximum Gasteiger partial charge on any atom is 0.251 e. The minimum atomic E-state index is -3.15. The summed E-state index contributed by atoms with van der Waals surface area (Å²) in [5, 5.41) is 6.04. The maximum atomic E-state index is 13.3. The number of nitrogens with one attached hydrogen (secondary N) is 2. The number of thioether (sulfide) groups is 1. The standard InChI is InChI=1S/C37H64Cl2N3O3PS/c1-31(2)13-9-16-34(5)19-10-17-32(3)14-7-8-15-33(4)18-11-20-35(6)21-12-22-36(43)40-27-30-47-37-23-29-45-46(44,41-26-24-38)42(37)28-25-39/h13,15-17,20,37H,7-12,14,18-19,21-30H2,1-6H3,(H,40,43)(H,41,44)/b32-17+,33-15+,34-16+,35-20+. The number of rotatable bonds is 25. The summed E-state index contributed by atoms with van der Waals surface area (Å²) in [7, 11) is -3.15. The fraction of sp³-hybridized carbons (Fsp3) is 0.703. The first-order chi connectivity index (χ1) is 22.5. The van der Waals surface area contributed by atoms with Crippen LogP contribution in [0.5, 0.6) is 0 Å². The normalized spacial score (nSPS) is 20.1. The van der Waals surface area contributed by atoms with Crippen molar-refractivity contribution in [1.29, 1.82) is 0 Å². The second kappa shape index (κ2) is 27.1. The predicted molar refractivity (Wildman–Crippen MR) is 208 cm³/mol. The van der Waals surface area contributed by atoms with Crippen LogP contribution >= 0.6 is 43.0 Å². The van der Waals surface area contributed by atoms with Crippen LogP contribution in [-0.4, -0.2) is 59.7 Å². The molecule has 0 aromatic rings. The maximum absolute atomic E-state index is 13.3. The third-order valence-corrected chi connectivity index (χ3v) is 12.2. The van der Waals surface area contributed by atoms with Gasteiger partial charge in [0.25, 0.3) is 8.02 Å². The van der Waals surface area contributed by atoms with Crippen LogP contribution in [0.3, 0.4) is 0 Å². The molecule has 1 aliphatic rings. The highest BCUT2D eigenvalue weighted by atomic mass is 35.5. The lowest BCUT2D eigenvalue weighted by Gasteiger charge is -2.44. The Labute approximate surface area is 302 Å². The summed E-state index contributed by atoms with van der Waals surface area (Å²) in [5.74, 6) is 1.54. The van der Waals surface area contributed by atoms with Crippen molar-refractivity contribution in [3.63, 3.8) is 0 Å². The van der Waals surface area contributed by atoms with Crippen molar-refractivity contribution in [3.8, 4) is 0 Å². The Balaban J connectivity index is 2.21. The molecule has 270 valence electrons. The molecule has 0 bridgehead atoms. The quantitative estimate of drug-likeness (QED) is 0.0421. The average molecular weight is 733 g/mol. The van der Waals surface area contributed by atoms with Gasteiger partial charge >= 0.3 is 0 Å². The number of hydrogen-bond acceptors (Lipinski definition) is 6.